The van der Waals surface area contributed by atoms with Crippen molar-refractivity contribution in [1.82, 2.24) is 47.9 Å². The molecule has 15 N–H and O–H groups in total. The first-order chi connectivity index (χ1) is 56.6. The summed E-state index contributed by atoms with van der Waals surface area (Å²) < 4.78 is 36.0. The van der Waals surface area contributed by atoms with E-state index < -0.39 is 173 Å². The molecule has 3 rings (SSSR count). The number of anilines is 3. The molecule has 6 atom stereocenters. The average Bonchev–Trinajstić information content (AvgIpc) is 0.875. The summed E-state index contributed by atoms with van der Waals surface area (Å²) in [4.78, 5) is 191. The summed E-state index contributed by atoms with van der Waals surface area (Å²) in [7, 11) is 0. The quantitative estimate of drug-likeness (QED) is 0.00826. The van der Waals surface area contributed by atoms with Gasteiger partial charge in [0, 0.05) is 50.9 Å². The molecular formula is C84H132I2N12O24Sn. The van der Waals surface area contributed by atoms with Gasteiger partial charge >= 0.3 is 204 Å². The second-order valence-electron chi connectivity index (χ2n) is 35.6. The van der Waals surface area contributed by atoms with Crippen LogP contribution in [0.2, 0.25) is 14.8 Å². The van der Waals surface area contributed by atoms with Crippen LogP contribution in [0.1, 0.15) is 221 Å². The number of ether oxygens (including phenoxy) is 6. The number of carboxylic acid groups (broad SMARTS) is 3. The van der Waals surface area contributed by atoms with Crippen LogP contribution in [0.3, 0.4) is 0 Å². The second-order valence-corrected chi connectivity index (χ2v) is 52.6. The molecule has 690 valence electrons. The van der Waals surface area contributed by atoms with Gasteiger partial charge in [-0.15, -0.1) is 0 Å². The van der Waals surface area contributed by atoms with E-state index in [0.717, 1.165) is 7.14 Å². The van der Waals surface area contributed by atoms with E-state index in [4.69, 9.17) is 38.6 Å². The number of hydrogen-bond donors (Lipinski definition) is 15. The van der Waals surface area contributed by atoms with Crippen LogP contribution in [0.4, 0.5) is 45.8 Å². The molecule has 0 saturated carbocycles. The summed E-state index contributed by atoms with van der Waals surface area (Å²) >= 11 is 2.15. The number of benzene rings is 3. The van der Waals surface area contributed by atoms with Gasteiger partial charge in [-0.05, 0) is 276 Å². The van der Waals surface area contributed by atoms with E-state index in [1.165, 1.54) is 3.58 Å². The summed E-state index contributed by atoms with van der Waals surface area (Å²) in [6, 6.07) is 11.7. The van der Waals surface area contributed by atoms with E-state index in [9.17, 15) is 77.0 Å². The minimum Gasteiger partial charge on any atom is -0.481 e. The maximum atomic E-state index is 13.1. The first-order valence-corrected chi connectivity index (χ1v) is 52.7. The Balaban J connectivity index is 0.000000939. The Kier molecular flexibility index (Phi) is 48.9. The standard InChI is InChI=1S/C31H49IN4O8.C31H49N4O8.C19H25IN4O8.3CH3.Sn/c1-29(2,3)42-24(37)18-17-23(26(39)44-31(7,8)9)36-28(41)35-22(25(38)43-30(4,5)6)12-10-11-19-33-27(40)34-21-15-13-20(32)14-16-21;1-29(2,3)41-24(36)19-18-23(26(38)43-31(7,8)9)35-28(40)34-22(25(37)42-30(4,5)6)17-13-14-20-32-27(39)33-21-15-11-10-12-16-21;20-11-4-6-12(7-5-11)22-18(31)21-10-2-1-3-13(16(27)28)23-19(32)24-14(17(29)30)8-9-15(25)26;;;;/h13-16,22-23H,10-12,17-19H2,1-9H3,(H2,33,34,40)(H2,35,36,41);11-12,15-16,22-23H,13-14,17-20H2,1-9H3,(H2,32,33,39)(H2,34,35,40);4-7,13-14H,1-3,8-10H2,(H,25,26)(H,27,28)(H,29,30)(H2,21,22,31)(H2,23,24,32);3*1H3;/t2*22-,23-;13-,14-;;;;/m000..../s1/i32-4;;20-4;;;;. The largest absolute Gasteiger partial charge is 0.481 e. The monoisotopic (exact) mass is 2060 g/mol. The molecule has 0 saturated heterocycles. The average molecular weight is 2060 g/mol. The van der Waals surface area contributed by atoms with Gasteiger partial charge < -0.3 is 96.9 Å². The molecule has 0 fully saturated rings. The van der Waals surface area contributed by atoms with Crippen LogP contribution in [0.5, 0.6) is 0 Å². The Morgan fingerprint density at radius 1 is 0.309 bits per heavy atom. The number of nitrogens with one attached hydrogen (secondary N) is 12. The van der Waals surface area contributed by atoms with Crippen molar-refractivity contribution in [3.63, 3.8) is 0 Å². The van der Waals surface area contributed by atoms with E-state index in [1.54, 1.807) is 149 Å². The molecule has 0 heterocycles. The van der Waals surface area contributed by atoms with Crippen LogP contribution < -0.4 is 67.4 Å². The molecule has 0 radical (unpaired) electrons. The van der Waals surface area contributed by atoms with Crippen LogP contribution >= 0.6 is 45.2 Å². The minimum atomic E-state index is -2.17. The smallest absolute Gasteiger partial charge is 0.329 e. The van der Waals surface area contributed by atoms with E-state index in [2.05, 4.69) is 136 Å². The van der Waals surface area contributed by atoms with E-state index in [1.807, 2.05) is 36.4 Å². The fourth-order valence-corrected chi connectivity index (χ4v) is 14.4. The number of halogens is 2. The number of carboxylic acids is 3. The zero-order valence-electron chi connectivity index (χ0n) is 74.8. The first-order valence-electron chi connectivity index (χ1n) is 40.6. The Bertz CT molecular complexity index is 3940. The van der Waals surface area contributed by atoms with Crippen molar-refractivity contribution in [3.05, 3.63) is 79.9 Å². The van der Waals surface area contributed by atoms with Crippen LogP contribution in [0.25, 0.3) is 0 Å². The Hall–Kier alpha value is -9.23. The van der Waals surface area contributed by atoms with Crippen molar-refractivity contribution in [2.45, 2.75) is 306 Å². The predicted molar refractivity (Wildman–Crippen MR) is 484 cm³/mol. The van der Waals surface area contributed by atoms with Crippen LogP contribution in [-0.4, -0.2) is 213 Å². The number of hydrogen-bond acceptors (Lipinski definition) is 21. The molecule has 0 aliphatic carbocycles. The van der Waals surface area contributed by atoms with E-state index in [-0.39, 0.29) is 70.0 Å². The molecular weight excluding hydrogens is 1930 g/mol. The molecule has 3 aromatic carbocycles. The molecule has 36 nitrogen and oxygen atoms in total. The van der Waals surface area contributed by atoms with Gasteiger partial charge in [-0.25, -0.2) is 52.7 Å². The maximum absolute atomic E-state index is 13.1. The maximum Gasteiger partial charge on any atom is 0.329 e. The molecule has 0 spiro atoms. The molecule has 39 heteroatoms. The first kappa shape index (κ1) is 112. The predicted octanol–water partition coefficient (Wildman–Crippen LogP) is 12.4. The second kappa shape index (κ2) is 53.8. The van der Waals surface area contributed by atoms with Gasteiger partial charge in [-0.2, -0.15) is 0 Å². The number of unbranched alkanes of at least 4 members (excludes halogenated alkanes) is 3. The fourth-order valence-electron chi connectivity index (χ4n) is 10.3. The van der Waals surface area contributed by atoms with Crippen molar-refractivity contribution in [2.24, 2.45) is 0 Å². The zero-order chi connectivity index (χ0) is 94.0. The van der Waals surface area contributed by atoms with Gasteiger partial charge in [-0.1, -0.05) is 0 Å². The van der Waals surface area contributed by atoms with Crippen LogP contribution in [-0.2, 0) is 71.6 Å². The Morgan fingerprint density at radius 2 is 0.537 bits per heavy atom. The number of carbonyl (C=O) groups is 15. The summed E-state index contributed by atoms with van der Waals surface area (Å²) in [6.07, 6.45) is 2.10. The van der Waals surface area contributed by atoms with Crippen molar-refractivity contribution in [3.8, 4) is 0 Å². The van der Waals surface area contributed by atoms with E-state index in [0.29, 0.717) is 68.7 Å². The molecule has 0 aromatic heterocycles. The third-order valence-corrected chi connectivity index (χ3v) is 23.1. The molecule has 12 amide bonds. The Morgan fingerprint density at radius 3 is 0.780 bits per heavy atom. The third-order valence-electron chi connectivity index (χ3n) is 15.8. The van der Waals surface area contributed by atoms with Crippen LogP contribution in [0, 0.1) is 7.14 Å². The normalized spacial score (nSPS) is 13.0. The summed E-state index contributed by atoms with van der Waals surface area (Å²) in [6.45, 7) is 31.8. The number of amides is 12. The molecule has 0 bridgehead atoms. The minimum absolute atomic E-state index is 0.0516. The number of aliphatic carboxylic acids is 3. The van der Waals surface area contributed by atoms with Gasteiger partial charge in [0.1, 0.15) is 63.8 Å². The summed E-state index contributed by atoms with van der Waals surface area (Å²) in [5, 5.41) is 57.9. The molecule has 0 aliphatic rings. The van der Waals surface area contributed by atoms with Gasteiger partial charge in [0.15, 0.2) is 0 Å². The molecule has 0 aliphatic heterocycles. The summed E-state index contributed by atoms with van der Waals surface area (Å²) in [5.74, 6) is -7.72. The summed E-state index contributed by atoms with van der Waals surface area (Å²) in [5.41, 5.74) is -2.66. The van der Waals surface area contributed by atoms with Crippen molar-refractivity contribution < 1.29 is 116 Å². The van der Waals surface area contributed by atoms with Crippen molar-refractivity contribution in [2.75, 3.05) is 35.6 Å². The number of rotatable bonds is 40. The fraction of sp³-hybridized carbons (Fsp3) is 0.607. The number of esters is 6. The molecule has 3 aromatic rings. The third kappa shape index (κ3) is 57.0. The Labute approximate surface area is 753 Å². The van der Waals surface area contributed by atoms with Gasteiger partial charge in [0.2, 0.25) is 0 Å². The van der Waals surface area contributed by atoms with E-state index >= 15 is 0 Å². The molecule has 0 unspecified atom stereocenters. The number of carbonyl (C=O) groups excluding carboxylic acids is 12. The molecule has 123 heavy (non-hydrogen) atoms. The SMILES string of the molecule is CC(C)(C)OC(=O)CC[C@H](NC(=O)N[C@@H](CCCCNC(=O)Nc1cc[c]([Sn]([CH3])([CH3])[CH3])cc1)C(=O)OC(C)(C)C)C(=O)OC(C)(C)C.CC(C)(C)OC(=O)CC[C@H](NC(=O)N[C@@H](CCCCNC(=O)Nc1ccc([123I])cc1)C(=O)OC(C)(C)C)C(=O)OC(C)(C)C.O=C(O)CC[C@H](NC(=O)N[C@@H](CCCCNC(=O)Nc1ccc([123I])cc1)C(=O)O)C(=O)O. The van der Waals surface area contributed by atoms with Gasteiger partial charge in [0.05, 0.1) is 0 Å². The van der Waals surface area contributed by atoms with Crippen molar-refractivity contribution in [1.29, 1.82) is 0 Å². The van der Waals surface area contributed by atoms with Crippen molar-refractivity contribution >= 4 is 174 Å². The number of urea groups is 6. The zero-order valence-corrected chi connectivity index (χ0v) is 82.0. The van der Waals surface area contributed by atoms with Crippen LogP contribution in [0.15, 0.2) is 72.8 Å². The topological polar surface area (TPSA) is 516 Å². The van der Waals surface area contributed by atoms with Gasteiger partial charge in [0.25, 0.3) is 0 Å². The van der Waals surface area contributed by atoms with Gasteiger partial charge in [-0.3, -0.25) is 14.4 Å².